The van der Waals surface area contributed by atoms with Crippen LogP contribution in [0.3, 0.4) is 0 Å². The number of hydrogen-bond acceptors (Lipinski definition) is 1. The first kappa shape index (κ1) is 11.7. The molecule has 1 rings (SSSR count). The minimum atomic E-state index is -1.24. The average Bonchev–Trinajstić information content (AvgIpc) is 2.09. The summed E-state index contributed by atoms with van der Waals surface area (Å²) in [5.74, 6) is -0.409. The second kappa shape index (κ2) is 4.89. The summed E-state index contributed by atoms with van der Waals surface area (Å²) < 4.78 is 27.9. The van der Waals surface area contributed by atoms with Crippen molar-refractivity contribution in [3.05, 3.63) is 28.5 Å². The summed E-state index contributed by atoms with van der Waals surface area (Å²) in [4.78, 5) is 0. The molecule has 0 aliphatic carbocycles. The molecule has 0 heterocycles. The molecule has 2 nitrogen and oxygen atoms in total. The molecule has 0 aromatic heterocycles. The molecule has 0 saturated carbocycles. The van der Waals surface area contributed by atoms with Gasteiger partial charge in [0.1, 0.15) is 16.8 Å². The van der Waals surface area contributed by atoms with Crippen LogP contribution in [0.15, 0.2) is 22.7 Å². The van der Waals surface area contributed by atoms with Gasteiger partial charge in [0.05, 0.1) is 5.69 Å². The Morgan fingerprint density at radius 3 is 2.64 bits per heavy atom. The molecule has 1 N–H and O–H groups in total. The lowest BCUT2D eigenvalue weighted by atomic mass is 10.3. The van der Waals surface area contributed by atoms with Gasteiger partial charge in [-0.2, -0.15) is 0 Å². The molecule has 0 bridgehead atoms. The van der Waals surface area contributed by atoms with E-state index < -0.39 is 16.8 Å². The van der Waals surface area contributed by atoms with Crippen LogP contribution < -0.4 is 4.72 Å². The molecule has 0 aliphatic rings. The van der Waals surface area contributed by atoms with Gasteiger partial charge in [-0.15, -0.1) is 0 Å². The van der Waals surface area contributed by atoms with Crippen LogP contribution in [0.2, 0.25) is 0 Å². The van der Waals surface area contributed by atoms with Gasteiger partial charge in [0.2, 0.25) is 0 Å². The Balaban J connectivity index is 2.82. The number of hydrogen-bond donors (Lipinski definition) is 1. The molecule has 14 heavy (non-hydrogen) atoms. The minimum absolute atomic E-state index is 0.0435. The van der Waals surface area contributed by atoms with Gasteiger partial charge in [-0.3, -0.25) is 0 Å². The molecule has 1 unspecified atom stereocenters. The molecule has 0 amide bonds. The van der Waals surface area contributed by atoms with Gasteiger partial charge in [-0.1, -0.05) is 15.9 Å². The van der Waals surface area contributed by atoms with Crippen molar-refractivity contribution in [3.63, 3.8) is 0 Å². The van der Waals surface area contributed by atoms with E-state index in [1.165, 1.54) is 6.07 Å². The first-order chi connectivity index (χ1) is 6.50. The highest BCUT2D eigenvalue weighted by Gasteiger charge is 2.08. The molecule has 1 atom stereocenters. The molecule has 1 aromatic carbocycles. The maximum Gasteiger partial charge on any atom is 0.148 e. The maximum atomic E-state index is 13.2. The molecular weight excluding hydrogens is 269 g/mol. The number of anilines is 1. The normalized spacial score (nSPS) is 12.9. The summed E-state index contributed by atoms with van der Waals surface area (Å²) in [7, 11) is -1.24. The van der Waals surface area contributed by atoms with Crippen molar-refractivity contribution < 1.29 is 8.60 Å². The number of rotatable bonds is 3. The van der Waals surface area contributed by atoms with Crippen LogP contribution in [0, 0.1) is 5.82 Å². The van der Waals surface area contributed by atoms with Gasteiger partial charge in [0, 0.05) is 9.72 Å². The van der Waals surface area contributed by atoms with Crippen molar-refractivity contribution >= 4 is 32.6 Å². The molecule has 5 heteroatoms. The maximum absolute atomic E-state index is 13.2. The lowest BCUT2D eigenvalue weighted by molar-refractivity contribution is 0.630. The highest BCUT2D eigenvalue weighted by molar-refractivity contribution is 9.10. The third kappa shape index (κ3) is 3.06. The second-order valence-corrected chi connectivity index (χ2v) is 5.73. The largest absolute Gasteiger partial charge is 0.302 e. The van der Waals surface area contributed by atoms with Crippen molar-refractivity contribution in [2.45, 2.75) is 19.1 Å². The fraction of sp³-hybridized carbons (Fsp3) is 0.333. The summed E-state index contributed by atoms with van der Waals surface area (Å²) >= 11 is 3.15. The molecule has 0 aliphatic heterocycles. The monoisotopic (exact) mass is 279 g/mol. The van der Waals surface area contributed by atoms with E-state index in [4.69, 9.17) is 0 Å². The lowest BCUT2D eigenvalue weighted by Gasteiger charge is -2.09. The van der Waals surface area contributed by atoms with E-state index in [0.29, 0.717) is 4.47 Å². The summed E-state index contributed by atoms with van der Waals surface area (Å²) in [5, 5.41) is -0.0435. The van der Waals surface area contributed by atoms with Crippen LogP contribution in [0.25, 0.3) is 0 Å². The van der Waals surface area contributed by atoms with Crippen LogP contribution in [-0.4, -0.2) is 9.46 Å². The Bertz CT molecular complexity index is 357. The molecule has 0 radical (unpaired) electrons. The van der Waals surface area contributed by atoms with Crippen molar-refractivity contribution in [3.8, 4) is 0 Å². The first-order valence-electron chi connectivity index (χ1n) is 4.13. The second-order valence-electron chi connectivity index (χ2n) is 3.07. The molecule has 0 spiro atoms. The van der Waals surface area contributed by atoms with Gasteiger partial charge in [-0.05, 0) is 32.0 Å². The Hall–Kier alpha value is -0.420. The Labute approximate surface area is 93.6 Å². The molecule has 0 saturated heterocycles. The van der Waals surface area contributed by atoms with Gasteiger partial charge in [0.15, 0.2) is 0 Å². The molecular formula is C9H11BrFNOS. The van der Waals surface area contributed by atoms with Gasteiger partial charge in [0.25, 0.3) is 0 Å². The van der Waals surface area contributed by atoms with E-state index in [0.717, 1.165) is 0 Å². The highest BCUT2D eigenvalue weighted by Crippen LogP contribution is 2.20. The third-order valence-corrected chi connectivity index (χ3v) is 3.34. The summed E-state index contributed by atoms with van der Waals surface area (Å²) in [5.41, 5.74) is 0.264. The fourth-order valence-electron chi connectivity index (χ4n) is 0.798. The highest BCUT2D eigenvalue weighted by atomic mass is 79.9. The number of halogens is 2. The topological polar surface area (TPSA) is 29.1 Å². The zero-order valence-corrected chi connectivity index (χ0v) is 10.3. The predicted molar refractivity (Wildman–Crippen MR) is 61.0 cm³/mol. The fourth-order valence-corrected chi connectivity index (χ4v) is 1.75. The van der Waals surface area contributed by atoms with Crippen LogP contribution >= 0.6 is 15.9 Å². The lowest BCUT2D eigenvalue weighted by Crippen LogP contribution is -2.15. The van der Waals surface area contributed by atoms with E-state index in [1.807, 2.05) is 0 Å². The van der Waals surface area contributed by atoms with Crippen LogP contribution in [0.1, 0.15) is 13.8 Å². The summed E-state index contributed by atoms with van der Waals surface area (Å²) in [6.07, 6.45) is 0. The minimum Gasteiger partial charge on any atom is -0.302 e. The van der Waals surface area contributed by atoms with Crippen molar-refractivity contribution in [2.24, 2.45) is 0 Å². The quantitative estimate of drug-likeness (QED) is 0.905. The smallest absolute Gasteiger partial charge is 0.148 e. The van der Waals surface area contributed by atoms with Gasteiger partial charge < -0.3 is 4.72 Å². The van der Waals surface area contributed by atoms with Crippen molar-refractivity contribution in [1.82, 2.24) is 0 Å². The summed E-state index contributed by atoms with van der Waals surface area (Å²) in [6, 6.07) is 4.59. The zero-order valence-electron chi connectivity index (χ0n) is 7.88. The van der Waals surface area contributed by atoms with E-state index in [1.54, 1.807) is 26.0 Å². The van der Waals surface area contributed by atoms with Crippen molar-refractivity contribution in [1.29, 1.82) is 0 Å². The van der Waals surface area contributed by atoms with Crippen LogP contribution in [0.4, 0.5) is 10.1 Å². The van der Waals surface area contributed by atoms with Gasteiger partial charge in [-0.25, -0.2) is 8.60 Å². The van der Waals surface area contributed by atoms with Crippen LogP contribution in [0.5, 0.6) is 0 Å². The molecule has 1 aromatic rings. The number of nitrogens with one attached hydrogen (secondary N) is 1. The van der Waals surface area contributed by atoms with E-state index in [2.05, 4.69) is 20.7 Å². The standard InChI is InChI=1S/C9H11BrFNOS/c1-6(2)14(13)12-9-4-3-7(10)5-8(9)11/h3-6,12H,1-2H3. The molecule has 78 valence electrons. The summed E-state index contributed by atoms with van der Waals surface area (Å²) in [6.45, 7) is 3.61. The number of benzene rings is 1. The van der Waals surface area contributed by atoms with E-state index >= 15 is 0 Å². The average molecular weight is 280 g/mol. The third-order valence-electron chi connectivity index (χ3n) is 1.57. The van der Waals surface area contributed by atoms with Crippen molar-refractivity contribution in [2.75, 3.05) is 4.72 Å². The Morgan fingerprint density at radius 1 is 1.50 bits per heavy atom. The van der Waals surface area contributed by atoms with E-state index in [-0.39, 0.29) is 10.9 Å². The first-order valence-corrected chi connectivity index (χ1v) is 6.13. The SMILES string of the molecule is CC(C)S(=O)Nc1ccc(Br)cc1F. The molecule has 0 fully saturated rings. The predicted octanol–water partition coefficient (Wildman–Crippen LogP) is 3.07. The Kier molecular flexibility index (Phi) is 4.07. The van der Waals surface area contributed by atoms with Gasteiger partial charge >= 0.3 is 0 Å². The van der Waals surface area contributed by atoms with Crippen LogP contribution in [-0.2, 0) is 11.0 Å². The zero-order chi connectivity index (χ0) is 10.7. The Morgan fingerprint density at radius 2 is 2.14 bits per heavy atom. The van der Waals surface area contributed by atoms with E-state index in [9.17, 15) is 8.60 Å².